The molecular weight excluding hydrogens is 332 g/mol. The first-order valence-electron chi connectivity index (χ1n) is 8.18. The quantitative estimate of drug-likeness (QED) is 0.545. The molecule has 1 fully saturated rings. The van der Waals surface area contributed by atoms with Crippen LogP contribution in [0.5, 0.6) is 0 Å². The van der Waals surface area contributed by atoms with Crippen molar-refractivity contribution in [3.05, 3.63) is 20.7 Å². The number of aryl methyl sites for hydroxylation is 1. The largest absolute Gasteiger partial charge is 0.330 e. The lowest BCUT2D eigenvalue weighted by atomic mass is 9.72. The number of hydrogen-bond acceptors (Lipinski definition) is 7. The van der Waals surface area contributed by atoms with E-state index in [4.69, 9.17) is 5.73 Å². The van der Waals surface area contributed by atoms with Crippen LogP contribution in [-0.2, 0) is 16.1 Å². The number of amides is 1. The fourth-order valence-electron chi connectivity index (χ4n) is 3.19. The molecule has 1 heterocycles. The molecule has 2 rings (SSSR count). The lowest BCUT2D eigenvalue weighted by Gasteiger charge is -2.35. The molecule has 0 bridgehead atoms. The standard InChI is InChI=1S/C15H24N4O4S/c1-11-12(5-8-23-19(21)22)24-14(17-11)18-13(20)9-15(10-16)6-3-2-4-7-15/h2-10,16H2,1H3,(H,17,18,20). The van der Waals surface area contributed by atoms with Crippen molar-refractivity contribution < 1.29 is 14.7 Å². The van der Waals surface area contributed by atoms with Gasteiger partial charge in [0.25, 0.3) is 5.09 Å². The second-order valence-corrected chi connectivity index (χ2v) is 7.41. The summed E-state index contributed by atoms with van der Waals surface area (Å²) < 4.78 is 0. The number of carbonyl (C=O) groups is 1. The van der Waals surface area contributed by atoms with Crippen LogP contribution < -0.4 is 11.1 Å². The van der Waals surface area contributed by atoms with Crippen LogP contribution in [0.4, 0.5) is 5.13 Å². The number of thiazole rings is 1. The van der Waals surface area contributed by atoms with Gasteiger partial charge in [0, 0.05) is 17.7 Å². The van der Waals surface area contributed by atoms with Crippen LogP contribution in [0.3, 0.4) is 0 Å². The highest BCUT2D eigenvalue weighted by atomic mass is 32.1. The van der Waals surface area contributed by atoms with Crippen molar-refractivity contribution in [2.24, 2.45) is 11.1 Å². The van der Waals surface area contributed by atoms with Gasteiger partial charge in [-0.25, -0.2) is 4.98 Å². The monoisotopic (exact) mass is 356 g/mol. The Labute approximate surface area is 144 Å². The molecule has 9 heteroatoms. The lowest BCUT2D eigenvalue weighted by molar-refractivity contribution is -0.757. The summed E-state index contributed by atoms with van der Waals surface area (Å²) in [6.45, 7) is 2.33. The molecule has 1 aromatic heterocycles. The Hall–Kier alpha value is -1.74. The molecule has 8 nitrogen and oxygen atoms in total. The van der Waals surface area contributed by atoms with Gasteiger partial charge in [0.15, 0.2) is 5.13 Å². The number of anilines is 1. The molecule has 0 atom stereocenters. The van der Waals surface area contributed by atoms with E-state index in [2.05, 4.69) is 15.1 Å². The number of aromatic nitrogens is 1. The van der Waals surface area contributed by atoms with Crippen LogP contribution in [0.1, 0.15) is 49.1 Å². The average Bonchev–Trinajstić information content (AvgIpc) is 2.87. The van der Waals surface area contributed by atoms with Crippen molar-refractivity contribution in [3.63, 3.8) is 0 Å². The first kappa shape index (κ1) is 18.6. The van der Waals surface area contributed by atoms with Crippen molar-refractivity contribution in [1.82, 2.24) is 4.98 Å². The van der Waals surface area contributed by atoms with Crippen molar-refractivity contribution in [2.75, 3.05) is 18.5 Å². The number of nitrogens with zero attached hydrogens (tertiary/aromatic N) is 2. The third kappa shape index (κ3) is 5.13. The van der Waals surface area contributed by atoms with Gasteiger partial charge in [0.1, 0.15) is 6.61 Å². The summed E-state index contributed by atoms with van der Waals surface area (Å²) in [4.78, 5) is 32.0. The van der Waals surface area contributed by atoms with Gasteiger partial charge in [-0.05, 0) is 31.7 Å². The number of hydrogen-bond donors (Lipinski definition) is 2. The molecule has 0 aromatic carbocycles. The van der Waals surface area contributed by atoms with Gasteiger partial charge in [0.05, 0.1) is 5.69 Å². The Kier molecular flexibility index (Phi) is 6.50. The number of carbonyl (C=O) groups excluding carboxylic acids is 1. The summed E-state index contributed by atoms with van der Waals surface area (Å²) in [5, 5.41) is 12.7. The molecule has 24 heavy (non-hydrogen) atoms. The van der Waals surface area contributed by atoms with E-state index in [-0.39, 0.29) is 17.9 Å². The van der Waals surface area contributed by atoms with Crippen LogP contribution in [0.2, 0.25) is 0 Å². The topological polar surface area (TPSA) is 120 Å². The molecule has 1 aliphatic carbocycles. The molecular formula is C15H24N4O4S. The van der Waals surface area contributed by atoms with Crippen molar-refractivity contribution >= 4 is 22.4 Å². The molecule has 3 N–H and O–H groups in total. The van der Waals surface area contributed by atoms with Crippen molar-refractivity contribution in [2.45, 2.75) is 51.9 Å². The van der Waals surface area contributed by atoms with Crippen LogP contribution in [0.25, 0.3) is 0 Å². The smallest absolute Gasteiger partial charge is 0.294 e. The van der Waals surface area contributed by atoms with E-state index < -0.39 is 5.09 Å². The van der Waals surface area contributed by atoms with E-state index in [0.717, 1.165) is 36.3 Å². The second-order valence-electron chi connectivity index (χ2n) is 6.32. The molecule has 1 saturated carbocycles. The normalized spacial score (nSPS) is 16.6. The fourth-order valence-corrected chi connectivity index (χ4v) is 4.14. The van der Waals surface area contributed by atoms with Gasteiger partial charge >= 0.3 is 0 Å². The third-order valence-corrected chi connectivity index (χ3v) is 5.68. The maximum absolute atomic E-state index is 12.4. The SMILES string of the molecule is Cc1nc(NC(=O)CC2(CN)CCCCC2)sc1CCO[N+](=O)[O-]. The van der Waals surface area contributed by atoms with Crippen LogP contribution >= 0.6 is 11.3 Å². The first-order valence-corrected chi connectivity index (χ1v) is 8.99. The molecule has 0 radical (unpaired) electrons. The molecule has 0 spiro atoms. The van der Waals surface area contributed by atoms with Crippen LogP contribution in [0, 0.1) is 22.5 Å². The highest BCUT2D eigenvalue weighted by Crippen LogP contribution is 2.38. The van der Waals surface area contributed by atoms with Gasteiger partial charge in [-0.1, -0.05) is 19.3 Å². The predicted molar refractivity (Wildman–Crippen MR) is 91.3 cm³/mol. The molecule has 1 aliphatic rings. The second kappa shape index (κ2) is 8.39. The van der Waals surface area contributed by atoms with E-state index in [0.29, 0.717) is 24.5 Å². The summed E-state index contributed by atoms with van der Waals surface area (Å²) in [6.07, 6.45) is 6.27. The molecule has 0 aliphatic heterocycles. The maximum atomic E-state index is 12.4. The number of rotatable bonds is 8. The Morgan fingerprint density at radius 3 is 2.79 bits per heavy atom. The lowest BCUT2D eigenvalue weighted by Crippen LogP contribution is -2.36. The molecule has 0 unspecified atom stereocenters. The van der Waals surface area contributed by atoms with Crippen LogP contribution in [-0.4, -0.2) is 29.1 Å². The zero-order valence-electron chi connectivity index (χ0n) is 13.9. The Morgan fingerprint density at radius 2 is 2.17 bits per heavy atom. The minimum absolute atomic E-state index is 0.0142. The molecule has 0 saturated heterocycles. The summed E-state index contributed by atoms with van der Waals surface area (Å²) in [5.41, 5.74) is 6.60. The average molecular weight is 356 g/mol. The summed E-state index contributed by atoms with van der Waals surface area (Å²) in [6, 6.07) is 0. The molecule has 1 aromatic rings. The minimum Gasteiger partial charge on any atom is -0.330 e. The van der Waals surface area contributed by atoms with Crippen molar-refractivity contribution in [1.29, 1.82) is 0 Å². The number of nitrogens with two attached hydrogens (primary N) is 1. The van der Waals surface area contributed by atoms with Crippen LogP contribution in [0.15, 0.2) is 0 Å². The van der Waals surface area contributed by atoms with Crippen molar-refractivity contribution in [3.8, 4) is 0 Å². The van der Waals surface area contributed by atoms with Gasteiger partial charge in [-0.3, -0.25) is 4.79 Å². The highest BCUT2D eigenvalue weighted by Gasteiger charge is 2.33. The number of nitrogens with one attached hydrogen (secondary N) is 1. The Morgan fingerprint density at radius 1 is 1.46 bits per heavy atom. The van der Waals surface area contributed by atoms with E-state index in [1.54, 1.807) is 0 Å². The first-order chi connectivity index (χ1) is 11.4. The van der Waals surface area contributed by atoms with E-state index in [1.165, 1.54) is 17.8 Å². The summed E-state index contributed by atoms with van der Waals surface area (Å²) >= 11 is 1.33. The summed E-state index contributed by atoms with van der Waals surface area (Å²) in [5.74, 6) is -0.0656. The molecule has 1 amide bonds. The summed E-state index contributed by atoms with van der Waals surface area (Å²) in [7, 11) is 0. The Bertz CT molecular complexity index is 584. The minimum atomic E-state index is -0.810. The van der Waals surface area contributed by atoms with Gasteiger partial charge < -0.3 is 15.9 Å². The van der Waals surface area contributed by atoms with Gasteiger partial charge in [-0.2, -0.15) is 0 Å². The zero-order valence-corrected chi connectivity index (χ0v) is 14.7. The highest BCUT2D eigenvalue weighted by molar-refractivity contribution is 7.15. The predicted octanol–water partition coefficient (Wildman–Crippen LogP) is 2.44. The maximum Gasteiger partial charge on any atom is 0.294 e. The zero-order chi connectivity index (χ0) is 17.6. The van der Waals surface area contributed by atoms with E-state index >= 15 is 0 Å². The Balaban J connectivity index is 1.90. The molecule has 134 valence electrons. The fraction of sp³-hybridized carbons (Fsp3) is 0.733. The van der Waals surface area contributed by atoms with Gasteiger partial charge in [0.2, 0.25) is 5.91 Å². The third-order valence-electron chi connectivity index (χ3n) is 4.55. The van der Waals surface area contributed by atoms with Gasteiger partial charge in [-0.15, -0.1) is 21.5 Å². The van der Waals surface area contributed by atoms with E-state index in [9.17, 15) is 14.9 Å². The van der Waals surface area contributed by atoms with E-state index in [1.807, 2.05) is 6.92 Å².